The number of rotatable bonds is 5. The van der Waals surface area contributed by atoms with Crippen molar-refractivity contribution in [1.82, 2.24) is 29.1 Å². The minimum absolute atomic E-state index is 0.00926. The first kappa shape index (κ1) is 29.0. The molecule has 0 radical (unpaired) electrons. The maximum atomic E-state index is 13.6. The highest BCUT2D eigenvalue weighted by atomic mass is 32.3. The smallest absolute Gasteiger partial charge is 0.416 e. The van der Waals surface area contributed by atoms with Gasteiger partial charge in [0.15, 0.2) is 0 Å². The van der Waals surface area contributed by atoms with Gasteiger partial charge in [0.1, 0.15) is 5.56 Å². The van der Waals surface area contributed by atoms with Crippen molar-refractivity contribution in [3.63, 3.8) is 0 Å². The van der Waals surface area contributed by atoms with Gasteiger partial charge in [-0.2, -0.15) is 22.6 Å². The van der Waals surface area contributed by atoms with Gasteiger partial charge in [0.2, 0.25) is 0 Å². The van der Waals surface area contributed by atoms with Crippen LogP contribution < -0.4 is 0 Å². The molecular weight excluding hydrogens is 597 g/mol. The van der Waals surface area contributed by atoms with Crippen LogP contribution in [0.2, 0.25) is 0 Å². The van der Waals surface area contributed by atoms with E-state index in [1.165, 1.54) is 12.3 Å². The quantitative estimate of drug-likeness (QED) is 0.239. The number of alkyl halides is 3. The molecule has 0 bridgehead atoms. The fourth-order valence-corrected chi connectivity index (χ4v) is 9.05. The molecule has 44 heavy (non-hydrogen) atoms. The highest BCUT2D eigenvalue weighted by molar-refractivity contribution is 8.22. The lowest BCUT2D eigenvalue weighted by Gasteiger charge is -2.46. The van der Waals surface area contributed by atoms with E-state index in [1.807, 2.05) is 31.3 Å². The lowest BCUT2D eigenvalue weighted by Crippen LogP contribution is -2.33. The van der Waals surface area contributed by atoms with E-state index in [0.717, 1.165) is 29.0 Å². The van der Waals surface area contributed by atoms with E-state index < -0.39 is 34.5 Å². The second kappa shape index (κ2) is 10.2. The number of nitrogens with zero attached hydrogens (tertiary/aromatic N) is 6. The van der Waals surface area contributed by atoms with Crippen LogP contribution in [-0.4, -0.2) is 55.8 Å². The standard InChI is InChI=1S/C30H31F3N6O4S/c1-16-10-17-6-7-18(30(31,32)33)11-27(17)44(42,43)38(14-16)25-9-8-20-19(25)4-3-5-26(20)39-28(23(13-34-39)29(40)41)22-12-21(22)24-15-37(2)36-35-24/h3-7,11,13,15-16,21-22,25,42-43H,8-10,12,14H2,1-2H3,(H,40,41)/t16?,21-,22-,25+/m1/s1. The number of aromatic carboxylic acids is 1. The maximum Gasteiger partial charge on any atom is 0.416 e. The average molecular weight is 629 g/mol. The Morgan fingerprint density at radius 3 is 2.64 bits per heavy atom. The largest absolute Gasteiger partial charge is 0.478 e. The number of fused-ring (bicyclic) bond motifs is 2. The molecule has 4 aromatic rings. The number of hydrogen-bond acceptors (Lipinski definition) is 7. The summed E-state index contributed by atoms with van der Waals surface area (Å²) in [6.07, 6.45) is 0.747. The predicted molar refractivity (Wildman–Crippen MR) is 155 cm³/mol. The molecule has 232 valence electrons. The summed E-state index contributed by atoms with van der Waals surface area (Å²) >= 11 is 0. The summed E-state index contributed by atoms with van der Waals surface area (Å²) in [6.45, 7) is 2.24. The molecule has 1 fully saturated rings. The zero-order valence-corrected chi connectivity index (χ0v) is 24.8. The summed E-state index contributed by atoms with van der Waals surface area (Å²) < 4.78 is 69.1. The van der Waals surface area contributed by atoms with E-state index in [1.54, 1.807) is 20.7 Å². The van der Waals surface area contributed by atoms with Crippen molar-refractivity contribution in [2.75, 3.05) is 6.54 Å². The lowest BCUT2D eigenvalue weighted by molar-refractivity contribution is -0.137. The average Bonchev–Trinajstić information content (AvgIpc) is 3.27. The fourth-order valence-electron chi connectivity index (χ4n) is 6.98. The minimum Gasteiger partial charge on any atom is -0.478 e. The van der Waals surface area contributed by atoms with E-state index in [2.05, 4.69) is 15.4 Å². The molecule has 3 aliphatic rings. The molecule has 2 aromatic carbocycles. The highest BCUT2D eigenvalue weighted by Gasteiger charge is 2.47. The molecule has 14 heteroatoms. The normalized spacial score (nSPS) is 25.2. The van der Waals surface area contributed by atoms with Gasteiger partial charge >= 0.3 is 12.1 Å². The first-order valence-electron chi connectivity index (χ1n) is 14.4. The van der Waals surface area contributed by atoms with Gasteiger partial charge in [0.25, 0.3) is 0 Å². The molecular formula is C30H31F3N6O4S. The van der Waals surface area contributed by atoms with Crippen LogP contribution in [0.3, 0.4) is 0 Å². The molecule has 4 atom stereocenters. The van der Waals surface area contributed by atoms with Crippen molar-refractivity contribution in [2.24, 2.45) is 13.0 Å². The van der Waals surface area contributed by atoms with Crippen LogP contribution in [0.5, 0.6) is 0 Å². The van der Waals surface area contributed by atoms with Crippen molar-refractivity contribution in [3.05, 3.63) is 88.0 Å². The Morgan fingerprint density at radius 1 is 1.14 bits per heavy atom. The minimum atomic E-state index is -4.62. The van der Waals surface area contributed by atoms with Gasteiger partial charge in [0.05, 0.1) is 39.8 Å². The number of carbonyl (C=O) groups is 1. The number of halogens is 3. The number of benzene rings is 2. The maximum absolute atomic E-state index is 13.6. The lowest BCUT2D eigenvalue weighted by atomic mass is 9.99. The number of carboxylic acid groups (broad SMARTS) is 1. The van der Waals surface area contributed by atoms with E-state index in [-0.39, 0.29) is 34.8 Å². The number of carboxylic acids is 1. The van der Waals surface area contributed by atoms with Gasteiger partial charge < -0.3 is 5.11 Å². The fraction of sp³-hybridized carbons (Fsp3) is 0.400. The summed E-state index contributed by atoms with van der Waals surface area (Å²) in [5.74, 6) is -1.23. The SMILES string of the molecule is CC1Cc2ccc(C(F)(F)F)cc2S(O)(O)N([C@H]2CCc3c2cccc3-n2ncc(C(=O)O)c2[C@@H]2C[C@H]2c2cn(C)nn2)C1. The second-order valence-corrected chi connectivity index (χ2v) is 14.0. The van der Waals surface area contributed by atoms with Crippen LogP contribution >= 0.6 is 10.8 Å². The van der Waals surface area contributed by atoms with E-state index in [4.69, 9.17) is 0 Å². The summed E-state index contributed by atoms with van der Waals surface area (Å²) in [4.78, 5) is 12.2. The van der Waals surface area contributed by atoms with E-state index in [9.17, 15) is 32.2 Å². The Balaban J connectivity index is 1.28. The van der Waals surface area contributed by atoms with Crippen LogP contribution in [-0.2, 0) is 26.1 Å². The second-order valence-electron chi connectivity index (χ2n) is 12.1. The van der Waals surface area contributed by atoms with Crippen LogP contribution in [0.1, 0.15) is 81.6 Å². The number of hydrogen-bond donors (Lipinski definition) is 3. The Hall–Kier alpha value is -3.72. The Morgan fingerprint density at radius 2 is 1.93 bits per heavy atom. The van der Waals surface area contributed by atoms with E-state index >= 15 is 0 Å². The summed E-state index contributed by atoms with van der Waals surface area (Å²) in [6, 6.07) is 8.37. The molecule has 2 aromatic heterocycles. The van der Waals surface area contributed by atoms with Crippen LogP contribution in [0, 0.1) is 5.92 Å². The highest BCUT2D eigenvalue weighted by Crippen LogP contribution is 2.61. The Kier molecular flexibility index (Phi) is 6.70. The monoisotopic (exact) mass is 628 g/mol. The van der Waals surface area contributed by atoms with Gasteiger partial charge in [-0.25, -0.2) is 9.48 Å². The van der Waals surface area contributed by atoms with Gasteiger partial charge in [-0.3, -0.25) is 13.8 Å². The van der Waals surface area contributed by atoms with Crippen molar-refractivity contribution in [2.45, 2.75) is 61.6 Å². The molecule has 7 rings (SSSR count). The predicted octanol–water partition coefficient (Wildman–Crippen LogP) is 6.20. The van der Waals surface area contributed by atoms with Gasteiger partial charge in [-0.1, -0.05) is 30.3 Å². The topological polar surface area (TPSA) is 130 Å². The third kappa shape index (κ3) is 4.71. The Labute approximate surface area is 252 Å². The van der Waals surface area contributed by atoms with Crippen molar-refractivity contribution >= 4 is 16.7 Å². The third-order valence-electron chi connectivity index (χ3n) is 9.05. The molecule has 1 aliphatic heterocycles. The van der Waals surface area contributed by atoms with Gasteiger partial charge in [-0.15, -0.1) is 15.9 Å². The molecule has 1 saturated carbocycles. The Bertz CT molecular complexity index is 1790. The summed E-state index contributed by atoms with van der Waals surface area (Å²) in [5.41, 5.74) is 3.49. The number of aryl methyl sites for hydroxylation is 1. The van der Waals surface area contributed by atoms with Gasteiger partial charge in [0, 0.05) is 31.6 Å². The van der Waals surface area contributed by atoms with Crippen LogP contribution in [0.15, 0.2) is 53.7 Å². The molecule has 2 aliphatic carbocycles. The van der Waals surface area contributed by atoms with Crippen molar-refractivity contribution < 1.29 is 32.2 Å². The van der Waals surface area contributed by atoms with Gasteiger partial charge in [-0.05, 0) is 66.5 Å². The third-order valence-corrected chi connectivity index (χ3v) is 11.1. The van der Waals surface area contributed by atoms with Crippen LogP contribution in [0.25, 0.3) is 5.69 Å². The molecule has 0 saturated heterocycles. The van der Waals surface area contributed by atoms with Crippen LogP contribution in [0.4, 0.5) is 13.2 Å². The van der Waals surface area contributed by atoms with E-state index in [0.29, 0.717) is 42.6 Å². The first-order chi connectivity index (χ1) is 20.8. The molecule has 0 spiro atoms. The first-order valence-corrected chi connectivity index (χ1v) is 15.9. The molecule has 3 heterocycles. The molecule has 1 unspecified atom stereocenters. The summed E-state index contributed by atoms with van der Waals surface area (Å²) in [5, 5.41) is 22.8. The molecule has 3 N–H and O–H groups in total. The molecule has 10 nitrogen and oxygen atoms in total. The zero-order valence-electron chi connectivity index (χ0n) is 23.9. The van der Waals surface area contributed by atoms with Crippen molar-refractivity contribution in [3.8, 4) is 5.69 Å². The molecule has 0 amide bonds. The summed E-state index contributed by atoms with van der Waals surface area (Å²) in [7, 11) is -2.00. The zero-order chi connectivity index (χ0) is 31.1. The number of aromatic nitrogens is 5. The van der Waals surface area contributed by atoms with Crippen molar-refractivity contribution in [1.29, 1.82) is 0 Å².